The first-order valence-electron chi connectivity index (χ1n) is 8.28. The Bertz CT molecular complexity index is 476. The molecular weight excluding hydrogens is 244 g/mol. The van der Waals surface area contributed by atoms with Crippen molar-refractivity contribution in [1.29, 1.82) is 0 Å². The van der Waals surface area contributed by atoms with E-state index in [1.54, 1.807) is 5.56 Å². The number of nitrogens with zero attached hydrogens (tertiary/aromatic N) is 2. The summed E-state index contributed by atoms with van der Waals surface area (Å²) in [5, 5.41) is 0. The Morgan fingerprint density at radius 3 is 2.50 bits per heavy atom. The van der Waals surface area contributed by atoms with E-state index in [-0.39, 0.29) is 0 Å². The predicted octanol–water partition coefficient (Wildman–Crippen LogP) is 3.49. The smallest absolute Gasteiger partial charge is 0.0369 e. The average molecular weight is 270 g/mol. The Balaban J connectivity index is 1.45. The number of anilines is 1. The molecule has 0 aromatic heterocycles. The second-order valence-electron chi connectivity index (χ2n) is 7.38. The molecule has 1 saturated carbocycles. The number of benzene rings is 1. The van der Waals surface area contributed by atoms with E-state index >= 15 is 0 Å². The van der Waals surface area contributed by atoms with E-state index in [9.17, 15) is 0 Å². The van der Waals surface area contributed by atoms with Crippen LogP contribution in [0, 0.1) is 5.41 Å². The summed E-state index contributed by atoms with van der Waals surface area (Å²) in [5.74, 6) is 0.782. The Morgan fingerprint density at radius 1 is 1.10 bits per heavy atom. The van der Waals surface area contributed by atoms with Gasteiger partial charge in [-0.25, -0.2) is 0 Å². The standard InChI is InChI=1S/C18H26N2/c1-19-10-6-15(7-11-19)16-4-2-5-17(12-16)20-13-18(14-20)8-3-9-18/h2,4-5,12,15H,3,6-11,13-14H2,1H3. The molecule has 4 rings (SSSR count). The molecule has 0 radical (unpaired) electrons. The SMILES string of the molecule is CN1CCC(c2cccc(N3CC4(CCC4)C3)c2)CC1. The van der Waals surface area contributed by atoms with Crippen molar-refractivity contribution < 1.29 is 0 Å². The van der Waals surface area contributed by atoms with E-state index in [0.29, 0.717) is 0 Å². The number of hydrogen-bond acceptors (Lipinski definition) is 2. The fourth-order valence-corrected chi connectivity index (χ4v) is 4.26. The van der Waals surface area contributed by atoms with Gasteiger partial charge in [0.25, 0.3) is 0 Å². The molecule has 2 nitrogen and oxygen atoms in total. The molecule has 2 aliphatic heterocycles. The van der Waals surface area contributed by atoms with Crippen molar-refractivity contribution in [2.45, 2.75) is 38.0 Å². The molecule has 3 aliphatic rings. The molecule has 2 saturated heterocycles. The Kier molecular flexibility index (Phi) is 3.03. The third-order valence-electron chi connectivity index (χ3n) is 5.89. The van der Waals surface area contributed by atoms with Crippen molar-refractivity contribution >= 4 is 5.69 Å². The van der Waals surface area contributed by atoms with Crippen LogP contribution in [-0.4, -0.2) is 38.1 Å². The van der Waals surface area contributed by atoms with Crippen molar-refractivity contribution in [3.8, 4) is 0 Å². The summed E-state index contributed by atoms with van der Waals surface area (Å²) in [6, 6.07) is 9.40. The van der Waals surface area contributed by atoms with Gasteiger partial charge in [-0.05, 0) is 69.4 Å². The molecule has 3 fully saturated rings. The lowest BCUT2D eigenvalue weighted by Crippen LogP contribution is -2.59. The van der Waals surface area contributed by atoms with Gasteiger partial charge < -0.3 is 9.80 Å². The average Bonchev–Trinajstić information content (AvgIpc) is 2.37. The fourth-order valence-electron chi connectivity index (χ4n) is 4.26. The molecule has 1 spiro atoms. The summed E-state index contributed by atoms with van der Waals surface area (Å²) in [6.45, 7) is 5.12. The zero-order valence-corrected chi connectivity index (χ0v) is 12.6. The topological polar surface area (TPSA) is 6.48 Å². The van der Waals surface area contributed by atoms with E-state index in [2.05, 4.69) is 41.1 Å². The van der Waals surface area contributed by atoms with Crippen molar-refractivity contribution in [2.24, 2.45) is 5.41 Å². The lowest BCUT2D eigenvalue weighted by atomic mass is 9.63. The number of hydrogen-bond donors (Lipinski definition) is 0. The molecule has 0 atom stereocenters. The van der Waals surface area contributed by atoms with E-state index in [1.807, 2.05) is 0 Å². The number of piperidine rings is 1. The maximum absolute atomic E-state index is 2.59. The summed E-state index contributed by atoms with van der Waals surface area (Å²) in [4.78, 5) is 5.05. The molecule has 20 heavy (non-hydrogen) atoms. The van der Waals surface area contributed by atoms with Gasteiger partial charge in [-0.15, -0.1) is 0 Å². The summed E-state index contributed by atoms with van der Waals surface area (Å²) in [7, 11) is 2.24. The summed E-state index contributed by atoms with van der Waals surface area (Å²) in [5.41, 5.74) is 3.77. The van der Waals surface area contributed by atoms with Crippen LogP contribution in [0.1, 0.15) is 43.6 Å². The largest absolute Gasteiger partial charge is 0.370 e. The van der Waals surface area contributed by atoms with Crippen LogP contribution in [0.2, 0.25) is 0 Å². The second-order valence-corrected chi connectivity index (χ2v) is 7.38. The normalized spacial score (nSPS) is 26.4. The van der Waals surface area contributed by atoms with Crippen molar-refractivity contribution in [3.63, 3.8) is 0 Å². The predicted molar refractivity (Wildman–Crippen MR) is 84.4 cm³/mol. The number of likely N-dealkylation sites (tertiary alicyclic amines) is 1. The van der Waals surface area contributed by atoms with Gasteiger partial charge >= 0.3 is 0 Å². The monoisotopic (exact) mass is 270 g/mol. The highest BCUT2D eigenvalue weighted by Gasteiger charge is 2.47. The van der Waals surface area contributed by atoms with Crippen LogP contribution in [0.25, 0.3) is 0 Å². The van der Waals surface area contributed by atoms with Crippen LogP contribution in [0.15, 0.2) is 24.3 Å². The number of rotatable bonds is 2. The molecule has 0 amide bonds. The van der Waals surface area contributed by atoms with Gasteiger partial charge in [-0.2, -0.15) is 0 Å². The highest BCUT2D eigenvalue weighted by Crippen LogP contribution is 2.49. The molecule has 108 valence electrons. The third-order valence-corrected chi connectivity index (χ3v) is 5.89. The van der Waals surface area contributed by atoms with Crippen LogP contribution >= 0.6 is 0 Å². The maximum atomic E-state index is 2.59. The van der Waals surface area contributed by atoms with E-state index in [1.165, 1.54) is 64.0 Å². The van der Waals surface area contributed by atoms with Crippen molar-refractivity contribution in [2.75, 3.05) is 38.1 Å². The maximum Gasteiger partial charge on any atom is 0.0369 e. The first-order valence-corrected chi connectivity index (χ1v) is 8.28. The van der Waals surface area contributed by atoms with Gasteiger partial charge in [0.05, 0.1) is 0 Å². The molecule has 0 N–H and O–H groups in total. The molecule has 2 heteroatoms. The van der Waals surface area contributed by atoms with Crippen molar-refractivity contribution in [3.05, 3.63) is 29.8 Å². The molecular formula is C18H26N2. The van der Waals surface area contributed by atoms with Gasteiger partial charge in [-0.1, -0.05) is 18.6 Å². The first-order chi connectivity index (χ1) is 9.74. The Hall–Kier alpha value is -1.02. The molecule has 1 aliphatic carbocycles. The zero-order chi connectivity index (χ0) is 13.6. The zero-order valence-electron chi connectivity index (χ0n) is 12.6. The minimum Gasteiger partial charge on any atom is -0.370 e. The van der Waals surface area contributed by atoms with Crippen LogP contribution in [0.5, 0.6) is 0 Å². The molecule has 0 bridgehead atoms. The lowest BCUT2D eigenvalue weighted by Gasteiger charge is -2.57. The highest BCUT2D eigenvalue weighted by molar-refractivity contribution is 5.52. The Labute approximate surface area is 122 Å². The first kappa shape index (κ1) is 12.7. The Morgan fingerprint density at radius 2 is 1.85 bits per heavy atom. The molecule has 1 aromatic carbocycles. The van der Waals surface area contributed by atoms with Crippen LogP contribution in [0.4, 0.5) is 5.69 Å². The van der Waals surface area contributed by atoms with E-state index in [4.69, 9.17) is 0 Å². The fraction of sp³-hybridized carbons (Fsp3) is 0.667. The van der Waals surface area contributed by atoms with Gasteiger partial charge in [0, 0.05) is 24.2 Å². The minimum atomic E-state index is 0.726. The quantitative estimate of drug-likeness (QED) is 0.811. The summed E-state index contributed by atoms with van der Waals surface area (Å²) >= 11 is 0. The van der Waals surface area contributed by atoms with Gasteiger partial charge in [0.1, 0.15) is 0 Å². The van der Waals surface area contributed by atoms with E-state index in [0.717, 1.165) is 11.3 Å². The van der Waals surface area contributed by atoms with Gasteiger partial charge in [-0.3, -0.25) is 0 Å². The summed E-state index contributed by atoms with van der Waals surface area (Å²) in [6.07, 6.45) is 7.05. The van der Waals surface area contributed by atoms with Crippen LogP contribution < -0.4 is 4.90 Å². The van der Waals surface area contributed by atoms with Gasteiger partial charge in [0.15, 0.2) is 0 Å². The van der Waals surface area contributed by atoms with Gasteiger partial charge in [0.2, 0.25) is 0 Å². The third kappa shape index (κ3) is 2.14. The molecule has 0 unspecified atom stereocenters. The molecule has 1 aromatic rings. The van der Waals surface area contributed by atoms with Crippen LogP contribution in [-0.2, 0) is 0 Å². The minimum absolute atomic E-state index is 0.726. The van der Waals surface area contributed by atoms with E-state index < -0.39 is 0 Å². The second kappa shape index (κ2) is 4.77. The molecule has 2 heterocycles. The van der Waals surface area contributed by atoms with Crippen molar-refractivity contribution in [1.82, 2.24) is 4.90 Å². The lowest BCUT2D eigenvalue weighted by molar-refractivity contribution is 0.0904. The van der Waals surface area contributed by atoms with Crippen LogP contribution in [0.3, 0.4) is 0 Å². The summed E-state index contributed by atoms with van der Waals surface area (Å²) < 4.78 is 0. The highest BCUT2D eigenvalue weighted by atomic mass is 15.2.